The van der Waals surface area contributed by atoms with Crippen LogP contribution in [0.4, 0.5) is 0 Å². The molecule has 6 aromatic carbocycles. The average Bonchev–Trinajstić information content (AvgIpc) is 3.19. The Kier molecular flexibility index (Phi) is 4.18. The van der Waals surface area contributed by atoms with Gasteiger partial charge in [-0.05, 0) is 72.5 Å². The van der Waals surface area contributed by atoms with Gasteiger partial charge in [-0.3, -0.25) is 0 Å². The third-order valence-corrected chi connectivity index (χ3v) is 12.4. The van der Waals surface area contributed by atoms with Crippen molar-refractivity contribution in [1.29, 1.82) is 0 Å². The molecule has 0 radical (unpaired) electrons. The summed E-state index contributed by atoms with van der Waals surface area (Å²) in [7, 11) is -2.44. The van der Waals surface area contributed by atoms with Crippen LogP contribution >= 0.6 is 0 Å². The SMILES string of the molecule is Cc1ccc2c(c1)[Si](c1ccccc1)(c1ccccc1)c1ccc3cc4ccccc4cc3c1-2. The lowest BCUT2D eigenvalue weighted by Gasteiger charge is -2.31. The smallest absolute Gasteiger partial charge is 0.0623 e. The number of hydrogen-bond acceptors (Lipinski definition) is 0. The van der Waals surface area contributed by atoms with Crippen molar-refractivity contribution in [2.45, 2.75) is 6.92 Å². The summed E-state index contributed by atoms with van der Waals surface area (Å²) in [5.41, 5.74) is 4.16. The Morgan fingerprint density at radius 3 is 1.76 bits per heavy atom. The molecule has 0 bridgehead atoms. The summed E-state index contributed by atoms with van der Waals surface area (Å²) in [4.78, 5) is 0. The van der Waals surface area contributed by atoms with Gasteiger partial charge in [-0.25, -0.2) is 0 Å². The highest BCUT2D eigenvalue weighted by Crippen LogP contribution is 2.36. The van der Waals surface area contributed by atoms with Crippen LogP contribution in [0.15, 0.2) is 127 Å². The summed E-state index contributed by atoms with van der Waals surface area (Å²) >= 11 is 0. The lowest BCUT2D eigenvalue weighted by molar-refractivity contribution is 1.49. The molecule has 0 fully saturated rings. The second kappa shape index (κ2) is 7.28. The van der Waals surface area contributed by atoms with Crippen molar-refractivity contribution in [1.82, 2.24) is 0 Å². The molecule has 0 spiro atoms. The molecule has 0 saturated heterocycles. The summed E-state index contributed by atoms with van der Waals surface area (Å²) in [6.45, 7) is 2.23. The Hall–Kier alpha value is -3.94. The van der Waals surface area contributed by atoms with Gasteiger partial charge < -0.3 is 0 Å². The van der Waals surface area contributed by atoms with E-state index in [1.807, 2.05) is 0 Å². The molecule has 0 nitrogen and oxygen atoms in total. The lowest BCUT2D eigenvalue weighted by atomic mass is 9.95. The summed E-state index contributed by atoms with van der Waals surface area (Å²) in [5.74, 6) is 0. The first-order chi connectivity index (χ1) is 16.8. The largest absolute Gasteiger partial charge is 0.180 e. The maximum Gasteiger partial charge on any atom is 0.180 e. The molecule has 0 atom stereocenters. The van der Waals surface area contributed by atoms with Crippen LogP contribution in [0, 0.1) is 6.92 Å². The van der Waals surface area contributed by atoms with Crippen LogP contribution in [0.5, 0.6) is 0 Å². The fourth-order valence-corrected chi connectivity index (χ4v) is 11.4. The third-order valence-electron chi connectivity index (χ3n) is 7.55. The lowest BCUT2D eigenvalue weighted by Crippen LogP contribution is -2.72. The topological polar surface area (TPSA) is 0 Å². The van der Waals surface area contributed by atoms with Crippen LogP contribution in [0.2, 0.25) is 0 Å². The first-order valence-electron chi connectivity index (χ1n) is 12.0. The van der Waals surface area contributed by atoms with Crippen molar-refractivity contribution >= 4 is 50.4 Å². The molecule has 0 N–H and O–H groups in total. The Balaban J connectivity index is 1.70. The third kappa shape index (κ3) is 2.59. The van der Waals surface area contributed by atoms with Gasteiger partial charge in [-0.1, -0.05) is 121 Å². The molecule has 1 heterocycles. The van der Waals surface area contributed by atoms with E-state index in [-0.39, 0.29) is 0 Å². The van der Waals surface area contributed by atoms with Crippen molar-refractivity contribution < 1.29 is 0 Å². The highest BCUT2D eigenvalue weighted by Gasteiger charge is 2.49. The van der Waals surface area contributed by atoms with Crippen LogP contribution in [0.3, 0.4) is 0 Å². The normalized spacial score (nSPS) is 13.7. The van der Waals surface area contributed by atoms with Crippen molar-refractivity contribution in [3.8, 4) is 11.1 Å². The zero-order valence-corrected chi connectivity index (χ0v) is 20.1. The van der Waals surface area contributed by atoms with Gasteiger partial charge in [-0.2, -0.15) is 0 Å². The Morgan fingerprint density at radius 1 is 0.471 bits per heavy atom. The fraction of sp³-hybridized carbons (Fsp3) is 0.0303. The fourth-order valence-electron chi connectivity index (χ4n) is 6.11. The van der Waals surface area contributed by atoms with E-state index in [1.165, 1.54) is 59.0 Å². The number of benzene rings is 6. The minimum absolute atomic E-state index is 1.30. The minimum Gasteiger partial charge on any atom is -0.0623 e. The Labute approximate surface area is 201 Å². The van der Waals surface area contributed by atoms with Gasteiger partial charge >= 0.3 is 0 Å². The van der Waals surface area contributed by atoms with Crippen LogP contribution in [0.25, 0.3) is 32.7 Å². The zero-order valence-electron chi connectivity index (χ0n) is 19.1. The van der Waals surface area contributed by atoms with Gasteiger partial charge in [-0.15, -0.1) is 0 Å². The van der Waals surface area contributed by atoms with Crippen molar-refractivity contribution in [2.75, 3.05) is 0 Å². The van der Waals surface area contributed by atoms with Crippen molar-refractivity contribution in [3.63, 3.8) is 0 Å². The molecule has 0 saturated carbocycles. The predicted octanol–water partition coefficient (Wildman–Crippen LogP) is 5.66. The molecule has 1 aliphatic rings. The monoisotopic (exact) mass is 448 g/mol. The highest BCUT2D eigenvalue weighted by atomic mass is 28.3. The average molecular weight is 449 g/mol. The summed E-state index contributed by atoms with van der Waals surface area (Å²) in [6, 6.07) is 47.9. The first-order valence-corrected chi connectivity index (χ1v) is 14.0. The molecule has 0 aliphatic carbocycles. The molecule has 6 aromatic rings. The maximum absolute atomic E-state index is 2.47. The van der Waals surface area contributed by atoms with Gasteiger partial charge in [0.05, 0.1) is 0 Å². The summed E-state index contributed by atoms with van der Waals surface area (Å²) < 4.78 is 0. The standard InChI is InChI=1S/C33H24Si/c1-23-16-18-29-32(20-23)34(27-12-4-2-5-13-27,28-14-6-3-7-15-28)31-19-17-26-21-24-10-8-9-11-25(24)22-30(26)33(29)31/h2-22H,1H3. The quantitative estimate of drug-likeness (QED) is 0.236. The van der Waals surface area contributed by atoms with E-state index in [0.29, 0.717) is 0 Å². The number of fused-ring (bicyclic) bond motifs is 6. The summed E-state index contributed by atoms with van der Waals surface area (Å²) in [6.07, 6.45) is 0. The molecular formula is C33H24Si. The van der Waals surface area contributed by atoms with Gasteiger partial charge in [0.15, 0.2) is 8.07 Å². The summed E-state index contributed by atoms with van der Waals surface area (Å²) in [5, 5.41) is 11.2. The molecule has 0 unspecified atom stereocenters. The predicted molar refractivity (Wildman–Crippen MR) is 149 cm³/mol. The maximum atomic E-state index is 2.47. The van der Waals surface area contributed by atoms with E-state index in [0.717, 1.165) is 0 Å². The van der Waals surface area contributed by atoms with Crippen molar-refractivity contribution in [2.24, 2.45) is 0 Å². The van der Waals surface area contributed by atoms with Crippen LogP contribution in [-0.4, -0.2) is 8.07 Å². The highest BCUT2D eigenvalue weighted by molar-refractivity contribution is 7.22. The first kappa shape index (κ1) is 19.5. The molecule has 1 aliphatic heterocycles. The van der Waals surface area contributed by atoms with Crippen LogP contribution in [0.1, 0.15) is 5.56 Å². The molecule has 1 heteroatoms. The molecule has 0 amide bonds. The molecule has 0 aromatic heterocycles. The van der Waals surface area contributed by atoms with E-state index in [2.05, 4.69) is 134 Å². The van der Waals surface area contributed by atoms with Crippen LogP contribution in [-0.2, 0) is 0 Å². The van der Waals surface area contributed by atoms with E-state index >= 15 is 0 Å². The number of hydrogen-bond donors (Lipinski definition) is 0. The van der Waals surface area contributed by atoms with Gasteiger partial charge in [0.1, 0.15) is 0 Å². The van der Waals surface area contributed by atoms with E-state index in [9.17, 15) is 0 Å². The molecule has 34 heavy (non-hydrogen) atoms. The zero-order chi connectivity index (χ0) is 22.7. The number of rotatable bonds is 2. The minimum atomic E-state index is -2.44. The van der Waals surface area contributed by atoms with Gasteiger partial charge in [0, 0.05) is 0 Å². The second-order valence-corrected chi connectivity index (χ2v) is 13.2. The molecule has 160 valence electrons. The van der Waals surface area contributed by atoms with E-state index in [4.69, 9.17) is 0 Å². The number of aryl methyl sites for hydroxylation is 1. The van der Waals surface area contributed by atoms with E-state index < -0.39 is 8.07 Å². The van der Waals surface area contributed by atoms with Gasteiger partial charge in [0.2, 0.25) is 0 Å². The molecular weight excluding hydrogens is 424 g/mol. The Bertz CT molecular complexity index is 1660. The Morgan fingerprint density at radius 2 is 1.09 bits per heavy atom. The van der Waals surface area contributed by atoms with Crippen LogP contribution < -0.4 is 20.7 Å². The molecule has 7 rings (SSSR count). The van der Waals surface area contributed by atoms with Gasteiger partial charge in [0.25, 0.3) is 0 Å². The van der Waals surface area contributed by atoms with Crippen molar-refractivity contribution in [3.05, 3.63) is 133 Å². The van der Waals surface area contributed by atoms with E-state index in [1.54, 1.807) is 0 Å². The second-order valence-electron chi connectivity index (χ2n) is 9.44.